The summed E-state index contributed by atoms with van der Waals surface area (Å²) in [5.41, 5.74) is 2.08. The molecule has 0 radical (unpaired) electrons. The molecule has 1 amide bonds. The van der Waals surface area contributed by atoms with Gasteiger partial charge in [-0.05, 0) is 26.7 Å². The van der Waals surface area contributed by atoms with Gasteiger partial charge in [0.25, 0.3) is 0 Å². The third kappa shape index (κ3) is 7.16. The van der Waals surface area contributed by atoms with E-state index in [0.29, 0.717) is 12.5 Å². The molecule has 0 fully saturated rings. The number of alkyl carbamates (subject to hydrolysis) is 1. The highest BCUT2D eigenvalue weighted by Crippen LogP contribution is 2.08. The predicted octanol–water partition coefficient (Wildman–Crippen LogP) is 0.999. The minimum Gasteiger partial charge on any atom is -0.444 e. The number of hydrogen-bond acceptors (Lipinski definition) is 4. The average Bonchev–Trinajstić information content (AvgIpc) is 1.99. The lowest BCUT2D eigenvalue weighted by Crippen LogP contribution is -2.48. The number of hydrogen-bond donors (Lipinski definition) is 3. The molecule has 15 heavy (non-hydrogen) atoms. The van der Waals surface area contributed by atoms with E-state index in [1.54, 1.807) is 0 Å². The van der Waals surface area contributed by atoms with Crippen LogP contribution in [0.5, 0.6) is 0 Å². The van der Waals surface area contributed by atoms with E-state index < -0.39 is 11.7 Å². The Morgan fingerprint density at radius 2 is 1.93 bits per heavy atom. The van der Waals surface area contributed by atoms with Crippen molar-refractivity contribution in [2.75, 3.05) is 6.54 Å². The molecule has 0 bridgehead atoms. The third-order valence-electron chi connectivity index (χ3n) is 1.84. The van der Waals surface area contributed by atoms with Crippen molar-refractivity contribution in [2.45, 2.75) is 46.3 Å². The lowest BCUT2D eigenvalue weighted by molar-refractivity contribution is 0.0490. The first-order chi connectivity index (χ1) is 6.76. The Morgan fingerprint density at radius 3 is 2.27 bits per heavy atom. The summed E-state index contributed by atoms with van der Waals surface area (Å²) in [5, 5.41) is 2.77. The van der Waals surface area contributed by atoms with Crippen LogP contribution in [0.2, 0.25) is 0 Å². The maximum atomic E-state index is 11.4. The summed E-state index contributed by atoms with van der Waals surface area (Å²) in [6, 6.07) is -0.0233. The zero-order chi connectivity index (χ0) is 12.1. The van der Waals surface area contributed by atoms with Crippen LogP contribution < -0.4 is 16.6 Å². The van der Waals surface area contributed by atoms with Gasteiger partial charge in [-0.15, -0.1) is 0 Å². The van der Waals surface area contributed by atoms with E-state index in [9.17, 15) is 4.79 Å². The lowest BCUT2D eigenvalue weighted by atomic mass is 10.1. The quantitative estimate of drug-likeness (QED) is 0.485. The van der Waals surface area contributed by atoms with Gasteiger partial charge in [-0.1, -0.05) is 13.8 Å². The molecule has 0 aromatic carbocycles. The van der Waals surface area contributed by atoms with Crippen LogP contribution in [0.4, 0.5) is 4.79 Å². The summed E-state index contributed by atoms with van der Waals surface area (Å²) in [6.45, 7) is 10.0. The SMILES string of the molecule is CC(C)[C@@H](CNN)NC(=O)OC(C)(C)C. The molecule has 0 heterocycles. The second-order valence-corrected chi connectivity index (χ2v) is 4.90. The van der Waals surface area contributed by atoms with E-state index in [1.807, 2.05) is 34.6 Å². The van der Waals surface area contributed by atoms with Crippen LogP contribution in [-0.2, 0) is 4.74 Å². The molecule has 0 saturated heterocycles. The van der Waals surface area contributed by atoms with Crippen molar-refractivity contribution >= 4 is 6.09 Å². The standard InChI is InChI=1S/C10H23N3O2/c1-7(2)8(6-12-11)13-9(14)15-10(3,4)5/h7-8,12H,6,11H2,1-5H3,(H,13,14)/t8-/m1/s1. The van der Waals surface area contributed by atoms with Crippen LogP contribution in [-0.4, -0.2) is 24.3 Å². The molecule has 90 valence electrons. The number of rotatable bonds is 4. The van der Waals surface area contributed by atoms with Crippen molar-refractivity contribution < 1.29 is 9.53 Å². The van der Waals surface area contributed by atoms with E-state index in [4.69, 9.17) is 10.6 Å². The van der Waals surface area contributed by atoms with E-state index in [-0.39, 0.29) is 6.04 Å². The highest BCUT2D eigenvalue weighted by Gasteiger charge is 2.20. The van der Waals surface area contributed by atoms with Gasteiger partial charge in [-0.2, -0.15) is 0 Å². The molecule has 1 atom stereocenters. The Labute approximate surface area is 91.7 Å². The van der Waals surface area contributed by atoms with Crippen LogP contribution >= 0.6 is 0 Å². The monoisotopic (exact) mass is 217 g/mol. The predicted molar refractivity (Wildman–Crippen MR) is 60.2 cm³/mol. The fourth-order valence-electron chi connectivity index (χ4n) is 1.04. The highest BCUT2D eigenvalue weighted by molar-refractivity contribution is 5.68. The fraction of sp³-hybridized carbons (Fsp3) is 0.900. The number of hydrazine groups is 1. The zero-order valence-corrected chi connectivity index (χ0v) is 10.3. The number of nitrogens with two attached hydrogens (primary N) is 1. The molecule has 0 saturated carbocycles. The molecule has 0 aliphatic carbocycles. The van der Waals surface area contributed by atoms with Crippen molar-refractivity contribution in [3.8, 4) is 0 Å². The van der Waals surface area contributed by atoms with E-state index in [2.05, 4.69) is 10.7 Å². The van der Waals surface area contributed by atoms with Crippen molar-refractivity contribution in [1.29, 1.82) is 0 Å². The summed E-state index contributed by atoms with van der Waals surface area (Å²) >= 11 is 0. The highest BCUT2D eigenvalue weighted by atomic mass is 16.6. The summed E-state index contributed by atoms with van der Waals surface area (Å²) in [7, 11) is 0. The Balaban J connectivity index is 4.11. The van der Waals surface area contributed by atoms with Crippen molar-refractivity contribution in [3.63, 3.8) is 0 Å². The molecular formula is C10H23N3O2. The molecule has 0 aromatic heterocycles. The van der Waals surface area contributed by atoms with Gasteiger partial charge in [-0.25, -0.2) is 4.79 Å². The molecule has 4 N–H and O–H groups in total. The van der Waals surface area contributed by atoms with Crippen LogP contribution in [0, 0.1) is 5.92 Å². The summed E-state index contributed by atoms with van der Waals surface area (Å²) in [5.74, 6) is 5.53. The van der Waals surface area contributed by atoms with Crippen LogP contribution in [0.3, 0.4) is 0 Å². The Morgan fingerprint density at radius 1 is 1.40 bits per heavy atom. The maximum absolute atomic E-state index is 11.4. The molecule has 0 spiro atoms. The first-order valence-corrected chi connectivity index (χ1v) is 5.19. The van der Waals surface area contributed by atoms with Gasteiger partial charge in [0.2, 0.25) is 0 Å². The van der Waals surface area contributed by atoms with Crippen LogP contribution in [0.15, 0.2) is 0 Å². The third-order valence-corrected chi connectivity index (χ3v) is 1.84. The van der Waals surface area contributed by atoms with E-state index in [1.165, 1.54) is 0 Å². The smallest absolute Gasteiger partial charge is 0.407 e. The van der Waals surface area contributed by atoms with Gasteiger partial charge in [0, 0.05) is 12.6 Å². The number of ether oxygens (including phenoxy) is 1. The van der Waals surface area contributed by atoms with Gasteiger partial charge in [-0.3, -0.25) is 11.3 Å². The second kappa shape index (κ2) is 5.92. The Hall–Kier alpha value is -0.810. The molecular weight excluding hydrogens is 194 g/mol. The second-order valence-electron chi connectivity index (χ2n) is 4.90. The van der Waals surface area contributed by atoms with Crippen LogP contribution in [0.25, 0.3) is 0 Å². The average molecular weight is 217 g/mol. The minimum absolute atomic E-state index is 0.0233. The molecule has 0 aromatic rings. The zero-order valence-electron chi connectivity index (χ0n) is 10.3. The summed E-state index contributed by atoms with van der Waals surface area (Å²) in [6.07, 6.45) is -0.406. The fourth-order valence-corrected chi connectivity index (χ4v) is 1.04. The number of carbonyl (C=O) groups excluding carboxylic acids is 1. The number of carbonyl (C=O) groups is 1. The first-order valence-electron chi connectivity index (χ1n) is 5.19. The maximum Gasteiger partial charge on any atom is 0.407 e. The van der Waals surface area contributed by atoms with Gasteiger partial charge >= 0.3 is 6.09 Å². The largest absolute Gasteiger partial charge is 0.444 e. The minimum atomic E-state index is -0.470. The number of amides is 1. The van der Waals surface area contributed by atoms with Crippen molar-refractivity contribution in [3.05, 3.63) is 0 Å². The van der Waals surface area contributed by atoms with Crippen molar-refractivity contribution in [1.82, 2.24) is 10.7 Å². The topological polar surface area (TPSA) is 76.4 Å². The van der Waals surface area contributed by atoms with Gasteiger partial charge in [0.1, 0.15) is 5.60 Å². The molecule has 0 aliphatic rings. The number of nitrogens with one attached hydrogen (secondary N) is 2. The Bertz CT molecular complexity index is 199. The normalized spacial score (nSPS) is 13.8. The Kier molecular flexibility index (Phi) is 5.60. The van der Waals surface area contributed by atoms with Gasteiger partial charge in [0.05, 0.1) is 0 Å². The van der Waals surface area contributed by atoms with Gasteiger partial charge in [0.15, 0.2) is 0 Å². The van der Waals surface area contributed by atoms with E-state index in [0.717, 1.165) is 0 Å². The van der Waals surface area contributed by atoms with Crippen LogP contribution in [0.1, 0.15) is 34.6 Å². The molecule has 0 unspecified atom stereocenters. The molecule has 5 heteroatoms. The summed E-state index contributed by atoms with van der Waals surface area (Å²) < 4.78 is 5.15. The molecule has 5 nitrogen and oxygen atoms in total. The van der Waals surface area contributed by atoms with Gasteiger partial charge < -0.3 is 10.1 Å². The molecule has 0 aliphatic heterocycles. The first kappa shape index (κ1) is 14.2. The molecule has 0 rings (SSSR count). The van der Waals surface area contributed by atoms with Crippen molar-refractivity contribution in [2.24, 2.45) is 11.8 Å². The van der Waals surface area contributed by atoms with E-state index >= 15 is 0 Å². The lowest BCUT2D eigenvalue weighted by Gasteiger charge is -2.25. The summed E-state index contributed by atoms with van der Waals surface area (Å²) in [4.78, 5) is 11.4.